The van der Waals surface area contributed by atoms with Gasteiger partial charge in [0.25, 0.3) is 20.2 Å². The third-order valence-corrected chi connectivity index (χ3v) is 6.87. The Morgan fingerprint density at radius 3 is 1.27 bits per heavy atom. The molecule has 0 saturated heterocycles. The van der Waals surface area contributed by atoms with Crippen LogP contribution >= 0.6 is 0 Å². The van der Waals surface area contributed by atoms with E-state index >= 15 is 0 Å². The Kier molecular flexibility index (Phi) is 4.70. The van der Waals surface area contributed by atoms with Crippen molar-refractivity contribution in [2.45, 2.75) is 23.6 Å². The van der Waals surface area contributed by atoms with E-state index < -0.39 is 30.0 Å². The van der Waals surface area contributed by atoms with Gasteiger partial charge < -0.3 is 0 Å². The van der Waals surface area contributed by atoms with Crippen molar-refractivity contribution in [3.63, 3.8) is 0 Å². The van der Waals surface area contributed by atoms with Crippen LogP contribution in [0.1, 0.15) is 11.1 Å². The van der Waals surface area contributed by atoms with Gasteiger partial charge in [0.1, 0.15) is 9.79 Å². The molecule has 0 bridgehead atoms. The normalized spacial score (nSPS) is 12.5. The summed E-state index contributed by atoms with van der Waals surface area (Å²) in [5, 5.41) is 2.22. The average molecular weight is 443 g/mol. The zero-order chi connectivity index (χ0) is 21.8. The van der Waals surface area contributed by atoms with Crippen LogP contribution in [0.15, 0.2) is 70.5 Å². The lowest BCUT2D eigenvalue weighted by atomic mass is 9.92. The Morgan fingerprint density at radius 1 is 0.567 bits per heavy atom. The predicted molar refractivity (Wildman–Crippen MR) is 116 cm³/mol. The highest BCUT2D eigenvalue weighted by molar-refractivity contribution is 7.86. The molecule has 2 N–H and O–H groups in total. The van der Waals surface area contributed by atoms with Gasteiger partial charge in [-0.25, -0.2) is 0 Å². The molecule has 0 fully saturated rings. The number of hydrogen-bond acceptors (Lipinski definition) is 4. The number of hydrogen-bond donors (Lipinski definition) is 2. The fraction of sp³-hybridized carbons (Fsp3) is 0.0909. The summed E-state index contributed by atoms with van der Waals surface area (Å²) in [6, 6.07) is 16.1. The third kappa shape index (κ3) is 3.48. The molecule has 30 heavy (non-hydrogen) atoms. The minimum atomic E-state index is -4.70. The quantitative estimate of drug-likeness (QED) is 0.443. The molecule has 0 spiro atoms. The number of rotatable bonds is 3. The van der Waals surface area contributed by atoms with Crippen LogP contribution in [-0.2, 0) is 20.2 Å². The van der Waals surface area contributed by atoms with Gasteiger partial charge in [-0.1, -0.05) is 59.7 Å². The van der Waals surface area contributed by atoms with E-state index in [1.54, 1.807) is 36.4 Å². The largest absolute Gasteiger partial charge is 0.295 e. The lowest BCUT2D eigenvalue weighted by molar-refractivity contribution is 0.480. The first-order valence-electron chi connectivity index (χ1n) is 8.99. The monoisotopic (exact) mass is 442 g/mol. The maximum absolute atomic E-state index is 12.2. The molecule has 0 radical (unpaired) electrons. The average Bonchev–Trinajstić information content (AvgIpc) is 2.64. The summed E-state index contributed by atoms with van der Waals surface area (Å²) in [5.41, 5.74) is 1.90. The first-order chi connectivity index (χ1) is 14.0. The lowest BCUT2D eigenvalue weighted by Gasteiger charge is -2.17. The maximum Gasteiger partial charge on any atom is 0.295 e. The van der Waals surface area contributed by atoms with Crippen LogP contribution in [0.4, 0.5) is 0 Å². The lowest BCUT2D eigenvalue weighted by Crippen LogP contribution is -2.06. The Bertz CT molecular complexity index is 1430. The fourth-order valence-corrected chi connectivity index (χ4v) is 5.22. The third-order valence-electron chi connectivity index (χ3n) is 5.08. The zero-order valence-corrected chi connectivity index (χ0v) is 17.8. The van der Waals surface area contributed by atoms with E-state index in [1.807, 2.05) is 26.0 Å². The summed E-state index contributed by atoms with van der Waals surface area (Å²) < 4.78 is 68.8. The minimum Gasteiger partial charge on any atom is -0.282 e. The molecule has 0 unspecified atom stereocenters. The van der Waals surface area contributed by atoms with Gasteiger partial charge in [0.2, 0.25) is 0 Å². The molecule has 0 aliphatic rings. The molecule has 0 aliphatic heterocycles. The molecule has 0 atom stereocenters. The fourth-order valence-electron chi connectivity index (χ4n) is 3.80. The molecule has 4 aromatic carbocycles. The van der Waals surface area contributed by atoms with Crippen molar-refractivity contribution in [3.05, 3.63) is 71.8 Å². The highest BCUT2D eigenvalue weighted by atomic mass is 32.2. The molecule has 154 valence electrons. The van der Waals surface area contributed by atoms with Crippen molar-refractivity contribution >= 4 is 41.8 Å². The zero-order valence-electron chi connectivity index (χ0n) is 16.1. The van der Waals surface area contributed by atoms with Gasteiger partial charge in [-0.2, -0.15) is 16.8 Å². The Morgan fingerprint density at radius 2 is 0.933 bits per heavy atom. The predicted octanol–water partition coefficient (Wildman–Crippen LogP) is 4.77. The molecule has 0 heterocycles. The van der Waals surface area contributed by atoms with Crippen molar-refractivity contribution in [3.8, 4) is 11.1 Å². The van der Waals surface area contributed by atoms with Gasteiger partial charge in [0, 0.05) is 11.1 Å². The number of aryl methyl sites for hydroxylation is 2. The van der Waals surface area contributed by atoms with Gasteiger partial charge in [-0.05, 0) is 47.5 Å². The summed E-state index contributed by atoms with van der Waals surface area (Å²) in [7, 11) is -9.40. The smallest absolute Gasteiger partial charge is 0.282 e. The second-order valence-electron chi connectivity index (χ2n) is 7.28. The number of fused-ring (bicyclic) bond motifs is 2. The van der Waals surface area contributed by atoms with Crippen molar-refractivity contribution in [2.24, 2.45) is 0 Å². The SMILES string of the molecule is Cc1ccc2c(-c3c(S(=O)(=O)O)ccc4cc(C)ccc34)c(S(=O)(=O)O)ccc2c1. The van der Waals surface area contributed by atoms with Crippen molar-refractivity contribution in [2.75, 3.05) is 0 Å². The molecule has 0 aromatic heterocycles. The topological polar surface area (TPSA) is 109 Å². The second-order valence-corrected chi connectivity index (χ2v) is 10.1. The van der Waals surface area contributed by atoms with E-state index in [-0.39, 0.29) is 11.1 Å². The van der Waals surface area contributed by atoms with E-state index in [2.05, 4.69) is 0 Å². The molecular weight excluding hydrogens is 424 g/mol. The number of benzene rings is 4. The van der Waals surface area contributed by atoms with Crippen LogP contribution in [0, 0.1) is 13.8 Å². The molecule has 4 aromatic rings. The molecule has 6 nitrogen and oxygen atoms in total. The first kappa shape index (κ1) is 20.5. The van der Waals surface area contributed by atoms with Gasteiger partial charge in [0.15, 0.2) is 0 Å². The summed E-state index contributed by atoms with van der Waals surface area (Å²) >= 11 is 0. The van der Waals surface area contributed by atoms with E-state index in [4.69, 9.17) is 0 Å². The second kappa shape index (κ2) is 6.88. The van der Waals surface area contributed by atoms with Crippen molar-refractivity contribution in [1.82, 2.24) is 0 Å². The highest BCUT2D eigenvalue weighted by Crippen LogP contribution is 2.42. The van der Waals surface area contributed by atoms with Gasteiger partial charge in [0.05, 0.1) is 0 Å². The van der Waals surface area contributed by atoms with Crippen LogP contribution in [0.25, 0.3) is 32.7 Å². The van der Waals surface area contributed by atoms with E-state index in [0.29, 0.717) is 21.5 Å². The van der Waals surface area contributed by atoms with Crippen molar-refractivity contribution in [1.29, 1.82) is 0 Å². The van der Waals surface area contributed by atoms with Gasteiger partial charge >= 0.3 is 0 Å². The van der Waals surface area contributed by atoms with Gasteiger partial charge in [-0.3, -0.25) is 9.11 Å². The molecular formula is C22H18O6S2. The van der Waals surface area contributed by atoms with Crippen LogP contribution in [0.2, 0.25) is 0 Å². The Balaban J connectivity index is 2.33. The van der Waals surface area contributed by atoms with Crippen molar-refractivity contribution < 1.29 is 25.9 Å². The van der Waals surface area contributed by atoms with E-state index in [9.17, 15) is 25.9 Å². The van der Waals surface area contributed by atoms with Crippen LogP contribution < -0.4 is 0 Å². The summed E-state index contributed by atoms with van der Waals surface area (Å²) in [6.07, 6.45) is 0. The van der Waals surface area contributed by atoms with Crippen LogP contribution in [0.3, 0.4) is 0 Å². The van der Waals surface area contributed by atoms with Crippen LogP contribution in [-0.4, -0.2) is 25.9 Å². The first-order valence-corrected chi connectivity index (χ1v) is 11.9. The van der Waals surface area contributed by atoms with Gasteiger partial charge in [-0.15, -0.1) is 0 Å². The summed E-state index contributed by atoms with van der Waals surface area (Å²) in [5.74, 6) is 0. The Labute approximate surface area is 174 Å². The van der Waals surface area contributed by atoms with Crippen LogP contribution in [0.5, 0.6) is 0 Å². The standard InChI is InChI=1S/C22H18O6S2/c1-13-3-7-17-15(11-13)5-9-19(29(23,24)25)21(17)22-18-8-4-14(2)12-16(18)6-10-20(22)30(26,27)28/h3-12H,1-2H3,(H,23,24,25)(H,26,27,28). The molecule has 8 heteroatoms. The van der Waals surface area contributed by atoms with E-state index in [1.165, 1.54) is 12.1 Å². The molecule has 4 rings (SSSR count). The summed E-state index contributed by atoms with van der Waals surface area (Å²) in [6.45, 7) is 3.75. The summed E-state index contributed by atoms with van der Waals surface area (Å²) in [4.78, 5) is -0.867. The maximum atomic E-state index is 12.2. The molecule has 0 aliphatic carbocycles. The minimum absolute atomic E-state index is 0.0251. The molecule has 0 saturated carbocycles. The molecule has 0 amide bonds. The van der Waals surface area contributed by atoms with E-state index in [0.717, 1.165) is 11.1 Å². The Hall–Kier alpha value is -2.78. The highest BCUT2D eigenvalue weighted by Gasteiger charge is 2.26.